The summed E-state index contributed by atoms with van der Waals surface area (Å²) >= 11 is 0. The molecule has 1 atom stereocenters. The molecular formula is C8H21NOSi. The standard InChI is InChI=1S/C8H21NOSi/c1-8(6-9-2)7-11(4,5)10-3/h8-9H,6-7H2,1-5H3. The molecule has 0 aromatic heterocycles. The monoisotopic (exact) mass is 175 g/mol. The van der Waals surface area contributed by atoms with Crippen LogP contribution < -0.4 is 5.32 Å². The highest BCUT2D eigenvalue weighted by molar-refractivity contribution is 6.71. The van der Waals surface area contributed by atoms with Crippen LogP contribution in [0.4, 0.5) is 0 Å². The third kappa shape index (κ3) is 5.41. The highest BCUT2D eigenvalue weighted by atomic mass is 28.4. The largest absolute Gasteiger partial charge is 0.420 e. The Balaban J connectivity index is 3.64. The van der Waals surface area contributed by atoms with Crippen LogP contribution in [0.1, 0.15) is 6.92 Å². The molecule has 0 aliphatic rings. The summed E-state index contributed by atoms with van der Waals surface area (Å²) in [6.07, 6.45) is 0. The van der Waals surface area contributed by atoms with Gasteiger partial charge in [-0.1, -0.05) is 6.92 Å². The van der Waals surface area contributed by atoms with E-state index in [4.69, 9.17) is 4.43 Å². The first-order valence-electron chi connectivity index (χ1n) is 4.21. The predicted octanol–water partition coefficient (Wildman–Crippen LogP) is 1.69. The van der Waals surface area contributed by atoms with Crippen LogP contribution in [-0.4, -0.2) is 29.0 Å². The summed E-state index contributed by atoms with van der Waals surface area (Å²) in [4.78, 5) is 0. The number of hydrogen-bond donors (Lipinski definition) is 1. The van der Waals surface area contributed by atoms with Crippen molar-refractivity contribution in [2.45, 2.75) is 26.1 Å². The van der Waals surface area contributed by atoms with Crippen LogP contribution in [0, 0.1) is 5.92 Å². The minimum absolute atomic E-state index is 0.738. The Hall–Kier alpha value is 0.137. The van der Waals surface area contributed by atoms with Crippen molar-refractivity contribution in [2.75, 3.05) is 20.7 Å². The highest BCUT2D eigenvalue weighted by Crippen LogP contribution is 2.16. The third-order valence-corrected chi connectivity index (χ3v) is 4.73. The molecule has 0 rings (SSSR count). The van der Waals surface area contributed by atoms with Crippen LogP contribution >= 0.6 is 0 Å². The molecule has 0 aromatic carbocycles. The molecule has 0 amide bonds. The molecule has 0 heterocycles. The minimum Gasteiger partial charge on any atom is -0.420 e. The van der Waals surface area contributed by atoms with E-state index in [2.05, 4.69) is 25.3 Å². The molecule has 0 spiro atoms. The second kappa shape index (κ2) is 4.90. The second-order valence-corrected chi connectivity index (χ2v) is 8.17. The summed E-state index contributed by atoms with van der Waals surface area (Å²) in [6, 6.07) is 1.24. The zero-order chi connectivity index (χ0) is 8.91. The van der Waals surface area contributed by atoms with Crippen molar-refractivity contribution in [2.24, 2.45) is 5.92 Å². The maximum absolute atomic E-state index is 5.47. The quantitative estimate of drug-likeness (QED) is 0.642. The van der Waals surface area contributed by atoms with Gasteiger partial charge in [-0.15, -0.1) is 0 Å². The minimum atomic E-state index is -1.32. The summed E-state index contributed by atoms with van der Waals surface area (Å²) in [5.74, 6) is 0.738. The first-order chi connectivity index (χ1) is 5.02. The van der Waals surface area contributed by atoms with E-state index in [9.17, 15) is 0 Å². The van der Waals surface area contributed by atoms with Gasteiger partial charge in [0.2, 0.25) is 0 Å². The van der Waals surface area contributed by atoms with Gasteiger partial charge in [-0.25, -0.2) is 0 Å². The van der Waals surface area contributed by atoms with Crippen molar-refractivity contribution in [1.29, 1.82) is 0 Å². The Morgan fingerprint density at radius 3 is 2.36 bits per heavy atom. The van der Waals surface area contributed by atoms with Gasteiger partial charge >= 0.3 is 0 Å². The first kappa shape index (κ1) is 11.1. The Morgan fingerprint density at radius 2 is 2.00 bits per heavy atom. The van der Waals surface area contributed by atoms with E-state index in [1.807, 2.05) is 14.2 Å². The third-order valence-electron chi connectivity index (χ3n) is 1.95. The fourth-order valence-electron chi connectivity index (χ4n) is 1.34. The molecule has 3 heteroatoms. The van der Waals surface area contributed by atoms with Gasteiger partial charge in [0.05, 0.1) is 0 Å². The molecule has 1 N–H and O–H groups in total. The fraction of sp³-hybridized carbons (Fsp3) is 1.00. The van der Waals surface area contributed by atoms with Gasteiger partial charge in [0, 0.05) is 7.11 Å². The zero-order valence-corrected chi connectivity index (χ0v) is 9.40. The topological polar surface area (TPSA) is 21.3 Å². The average Bonchev–Trinajstić information content (AvgIpc) is 1.87. The Morgan fingerprint density at radius 1 is 1.45 bits per heavy atom. The smallest absolute Gasteiger partial charge is 0.186 e. The molecular weight excluding hydrogens is 154 g/mol. The lowest BCUT2D eigenvalue weighted by molar-refractivity contribution is 0.392. The lowest BCUT2D eigenvalue weighted by Crippen LogP contribution is -2.33. The number of rotatable bonds is 5. The molecule has 0 aliphatic carbocycles. The predicted molar refractivity (Wildman–Crippen MR) is 52.4 cm³/mol. The van der Waals surface area contributed by atoms with Crippen LogP contribution in [0.3, 0.4) is 0 Å². The molecule has 0 aliphatic heterocycles. The molecule has 0 aromatic rings. The van der Waals surface area contributed by atoms with Crippen molar-refractivity contribution in [3.05, 3.63) is 0 Å². The van der Waals surface area contributed by atoms with E-state index in [-0.39, 0.29) is 0 Å². The van der Waals surface area contributed by atoms with Crippen molar-refractivity contribution >= 4 is 8.32 Å². The van der Waals surface area contributed by atoms with Crippen LogP contribution in [0.2, 0.25) is 19.1 Å². The fourth-order valence-corrected chi connectivity index (χ4v) is 3.33. The summed E-state index contributed by atoms with van der Waals surface area (Å²) in [5.41, 5.74) is 0. The van der Waals surface area contributed by atoms with Crippen molar-refractivity contribution < 1.29 is 4.43 Å². The van der Waals surface area contributed by atoms with Gasteiger partial charge in [0.15, 0.2) is 8.32 Å². The normalized spacial score (nSPS) is 15.0. The number of hydrogen-bond acceptors (Lipinski definition) is 2. The maximum Gasteiger partial charge on any atom is 0.186 e. The first-order valence-corrected chi connectivity index (χ1v) is 7.33. The Kier molecular flexibility index (Phi) is 4.96. The van der Waals surface area contributed by atoms with Gasteiger partial charge in [0.1, 0.15) is 0 Å². The van der Waals surface area contributed by atoms with Crippen LogP contribution in [0.25, 0.3) is 0 Å². The molecule has 2 nitrogen and oxygen atoms in total. The van der Waals surface area contributed by atoms with Crippen LogP contribution in [-0.2, 0) is 4.43 Å². The van der Waals surface area contributed by atoms with Gasteiger partial charge in [-0.05, 0) is 38.6 Å². The molecule has 68 valence electrons. The zero-order valence-electron chi connectivity index (χ0n) is 8.40. The molecule has 0 saturated carbocycles. The lowest BCUT2D eigenvalue weighted by Gasteiger charge is -2.23. The molecule has 0 fully saturated rings. The Labute approximate surface area is 71.5 Å². The molecule has 0 bridgehead atoms. The number of nitrogens with one attached hydrogen (secondary N) is 1. The lowest BCUT2D eigenvalue weighted by atomic mass is 10.2. The molecule has 0 radical (unpaired) electrons. The second-order valence-electron chi connectivity index (χ2n) is 3.83. The van der Waals surface area contributed by atoms with Crippen molar-refractivity contribution in [1.82, 2.24) is 5.32 Å². The van der Waals surface area contributed by atoms with Crippen molar-refractivity contribution in [3.63, 3.8) is 0 Å². The van der Waals surface area contributed by atoms with E-state index < -0.39 is 8.32 Å². The summed E-state index contributed by atoms with van der Waals surface area (Å²) in [5, 5.41) is 3.18. The summed E-state index contributed by atoms with van der Waals surface area (Å²) in [7, 11) is 2.51. The van der Waals surface area contributed by atoms with Gasteiger partial charge < -0.3 is 9.74 Å². The van der Waals surface area contributed by atoms with Crippen molar-refractivity contribution in [3.8, 4) is 0 Å². The molecule has 1 unspecified atom stereocenters. The van der Waals surface area contributed by atoms with E-state index in [1.165, 1.54) is 6.04 Å². The molecule has 0 saturated heterocycles. The molecule has 11 heavy (non-hydrogen) atoms. The van der Waals surface area contributed by atoms with E-state index >= 15 is 0 Å². The Bertz CT molecular complexity index is 106. The van der Waals surface area contributed by atoms with Crippen LogP contribution in [0.15, 0.2) is 0 Å². The average molecular weight is 175 g/mol. The highest BCUT2D eigenvalue weighted by Gasteiger charge is 2.22. The summed E-state index contributed by atoms with van der Waals surface area (Å²) < 4.78 is 5.47. The van der Waals surface area contributed by atoms with E-state index in [0.717, 1.165) is 12.5 Å². The van der Waals surface area contributed by atoms with Gasteiger partial charge in [0.25, 0.3) is 0 Å². The summed E-state index contributed by atoms with van der Waals surface area (Å²) in [6.45, 7) is 7.89. The van der Waals surface area contributed by atoms with E-state index in [0.29, 0.717) is 0 Å². The van der Waals surface area contributed by atoms with Gasteiger partial charge in [-0.2, -0.15) is 0 Å². The SMILES string of the molecule is CNCC(C)C[Si](C)(C)OC. The van der Waals surface area contributed by atoms with E-state index in [1.54, 1.807) is 0 Å². The van der Waals surface area contributed by atoms with Gasteiger partial charge in [-0.3, -0.25) is 0 Å². The van der Waals surface area contributed by atoms with Crippen LogP contribution in [0.5, 0.6) is 0 Å². The maximum atomic E-state index is 5.47.